The molecule has 20 heavy (non-hydrogen) atoms. The maximum Gasteiger partial charge on any atom is 0.224 e. The van der Waals surface area contributed by atoms with Crippen LogP contribution in [0, 0.1) is 11.3 Å². The number of rotatable bonds is 2. The molecule has 0 atom stereocenters. The lowest BCUT2D eigenvalue weighted by Gasteiger charge is -2.17. The van der Waals surface area contributed by atoms with E-state index in [1.165, 1.54) is 0 Å². The van der Waals surface area contributed by atoms with Crippen LogP contribution in [-0.4, -0.2) is 5.91 Å². The maximum absolute atomic E-state index is 11.3. The van der Waals surface area contributed by atoms with Gasteiger partial charge >= 0.3 is 0 Å². The number of nitrogens with zero attached hydrogens (tertiary/aromatic N) is 1. The Labute approximate surface area is 116 Å². The molecule has 1 aliphatic heterocycles. The van der Waals surface area contributed by atoms with E-state index in [1.54, 1.807) is 24.3 Å². The Morgan fingerprint density at radius 3 is 2.55 bits per heavy atom. The number of nitrogens with one attached hydrogen (secondary N) is 1. The third kappa shape index (κ3) is 2.47. The van der Waals surface area contributed by atoms with E-state index in [0.717, 1.165) is 23.4 Å². The fraction of sp³-hybridized carbons (Fsp3) is 0.125. The van der Waals surface area contributed by atoms with Gasteiger partial charge in [-0.05, 0) is 54.4 Å². The Morgan fingerprint density at radius 1 is 1.05 bits per heavy atom. The van der Waals surface area contributed by atoms with Crippen LogP contribution in [0.1, 0.15) is 17.5 Å². The lowest BCUT2D eigenvalue weighted by molar-refractivity contribution is -0.116. The van der Waals surface area contributed by atoms with Gasteiger partial charge in [-0.1, -0.05) is 0 Å². The van der Waals surface area contributed by atoms with Crippen molar-refractivity contribution in [1.29, 1.82) is 5.26 Å². The second-order valence-corrected chi connectivity index (χ2v) is 4.61. The third-order valence-corrected chi connectivity index (χ3v) is 3.19. The van der Waals surface area contributed by atoms with Crippen LogP contribution in [0.25, 0.3) is 0 Å². The number of carbonyl (C=O) groups excluding carboxylic acids is 1. The average Bonchev–Trinajstić information content (AvgIpc) is 2.48. The van der Waals surface area contributed by atoms with E-state index in [4.69, 9.17) is 10.00 Å². The van der Waals surface area contributed by atoms with E-state index in [-0.39, 0.29) is 5.91 Å². The van der Waals surface area contributed by atoms with Gasteiger partial charge in [-0.3, -0.25) is 4.79 Å². The molecular weight excluding hydrogens is 252 g/mol. The van der Waals surface area contributed by atoms with Crippen LogP contribution in [-0.2, 0) is 11.2 Å². The SMILES string of the molecule is N#Cc1ccc(Oc2ccc3c(c2)CCC(=O)N3)cc1. The topological polar surface area (TPSA) is 62.1 Å². The molecule has 2 aromatic carbocycles. The summed E-state index contributed by atoms with van der Waals surface area (Å²) in [4.78, 5) is 11.3. The zero-order valence-corrected chi connectivity index (χ0v) is 10.7. The smallest absolute Gasteiger partial charge is 0.224 e. The predicted octanol–water partition coefficient (Wildman–Crippen LogP) is 3.24. The number of aryl methyl sites for hydroxylation is 1. The lowest BCUT2D eigenvalue weighted by Crippen LogP contribution is -2.18. The number of amides is 1. The Hall–Kier alpha value is -2.80. The van der Waals surface area contributed by atoms with Crippen molar-refractivity contribution in [3.8, 4) is 17.6 Å². The number of fused-ring (bicyclic) bond motifs is 1. The molecule has 4 nitrogen and oxygen atoms in total. The van der Waals surface area contributed by atoms with Crippen molar-refractivity contribution in [1.82, 2.24) is 0 Å². The molecule has 1 heterocycles. The Morgan fingerprint density at radius 2 is 1.80 bits per heavy atom. The Kier molecular flexibility index (Phi) is 3.10. The zero-order valence-electron chi connectivity index (χ0n) is 10.7. The van der Waals surface area contributed by atoms with E-state index >= 15 is 0 Å². The molecule has 0 aromatic heterocycles. The van der Waals surface area contributed by atoms with Crippen molar-refractivity contribution in [3.05, 3.63) is 53.6 Å². The highest BCUT2D eigenvalue weighted by molar-refractivity contribution is 5.94. The van der Waals surface area contributed by atoms with Crippen LogP contribution >= 0.6 is 0 Å². The number of hydrogen-bond acceptors (Lipinski definition) is 3. The van der Waals surface area contributed by atoms with Crippen LogP contribution in [0.15, 0.2) is 42.5 Å². The first-order valence-corrected chi connectivity index (χ1v) is 6.35. The Balaban J connectivity index is 1.81. The molecule has 1 N–H and O–H groups in total. The minimum absolute atomic E-state index is 0.0539. The third-order valence-electron chi connectivity index (χ3n) is 3.19. The maximum atomic E-state index is 11.3. The predicted molar refractivity (Wildman–Crippen MR) is 74.6 cm³/mol. The molecule has 0 unspecified atom stereocenters. The van der Waals surface area contributed by atoms with Gasteiger partial charge in [-0.15, -0.1) is 0 Å². The molecular formula is C16H12N2O2. The molecule has 2 aromatic rings. The number of ether oxygens (including phenoxy) is 1. The van der Waals surface area contributed by atoms with Gasteiger partial charge in [0.1, 0.15) is 11.5 Å². The molecule has 4 heteroatoms. The van der Waals surface area contributed by atoms with Crippen LogP contribution in [0.3, 0.4) is 0 Å². The molecule has 0 fully saturated rings. The van der Waals surface area contributed by atoms with Crippen molar-refractivity contribution < 1.29 is 9.53 Å². The molecule has 0 saturated heterocycles. The van der Waals surface area contributed by atoms with Gasteiger partial charge in [0.05, 0.1) is 11.6 Å². The quantitative estimate of drug-likeness (QED) is 0.905. The molecule has 3 rings (SSSR count). The highest BCUT2D eigenvalue weighted by Crippen LogP contribution is 2.29. The van der Waals surface area contributed by atoms with Gasteiger partial charge in [-0.25, -0.2) is 0 Å². The molecule has 1 amide bonds. The summed E-state index contributed by atoms with van der Waals surface area (Å²) in [5.41, 5.74) is 2.54. The average molecular weight is 264 g/mol. The summed E-state index contributed by atoms with van der Waals surface area (Å²) >= 11 is 0. The molecule has 98 valence electrons. The molecule has 0 radical (unpaired) electrons. The van der Waals surface area contributed by atoms with Crippen molar-refractivity contribution in [3.63, 3.8) is 0 Å². The van der Waals surface area contributed by atoms with Crippen LogP contribution < -0.4 is 10.1 Å². The summed E-state index contributed by atoms with van der Waals surface area (Å²) in [7, 11) is 0. The number of carbonyl (C=O) groups is 1. The lowest BCUT2D eigenvalue weighted by atomic mass is 10.0. The summed E-state index contributed by atoms with van der Waals surface area (Å²) in [6, 6.07) is 14.6. The number of benzene rings is 2. The zero-order chi connectivity index (χ0) is 13.9. The first kappa shape index (κ1) is 12.2. The summed E-state index contributed by atoms with van der Waals surface area (Å²) in [5, 5.41) is 11.6. The minimum atomic E-state index is 0.0539. The number of nitriles is 1. The van der Waals surface area contributed by atoms with Crippen molar-refractivity contribution in [2.45, 2.75) is 12.8 Å². The van der Waals surface area contributed by atoms with Crippen molar-refractivity contribution in [2.24, 2.45) is 0 Å². The van der Waals surface area contributed by atoms with Gasteiger partial charge in [-0.2, -0.15) is 5.26 Å². The largest absolute Gasteiger partial charge is 0.457 e. The monoisotopic (exact) mass is 264 g/mol. The van der Waals surface area contributed by atoms with Gasteiger partial charge < -0.3 is 10.1 Å². The molecule has 0 aliphatic carbocycles. The van der Waals surface area contributed by atoms with E-state index in [1.807, 2.05) is 18.2 Å². The molecule has 1 aliphatic rings. The normalized spacial score (nSPS) is 13.1. The summed E-state index contributed by atoms with van der Waals surface area (Å²) in [6.07, 6.45) is 1.24. The van der Waals surface area contributed by atoms with Gasteiger partial charge in [0, 0.05) is 12.1 Å². The van der Waals surface area contributed by atoms with Crippen LogP contribution in [0.4, 0.5) is 5.69 Å². The Bertz CT molecular complexity index is 699. The first-order chi connectivity index (χ1) is 9.74. The van der Waals surface area contributed by atoms with Crippen molar-refractivity contribution >= 4 is 11.6 Å². The highest BCUT2D eigenvalue weighted by atomic mass is 16.5. The summed E-state index contributed by atoms with van der Waals surface area (Å²) in [5.74, 6) is 1.46. The second-order valence-electron chi connectivity index (χ2n) is 4.61. The van der Waals surface area contributed by atoms with E-state index in [2.05, 4.69) is 11.4 Å². The molecule has 0 spiro atoms. The van der Waals surface area contributed by atoms with Gasteiger partial charge in [0.2, 0.25) is 5.91 Å². The second kappa shape index (κ2) is 5.06. The van der Waals surface area contributed by atoms with Crippen LogP contribution in [0.5, 0.6) is 11.5 Å². The van der Waals surface area contributed by atoms with E-state index in [9.17, 15) is 4.79 Å². The number of hydrogen-bond donors (Lipinski definition) is 1. The van der Waals surface area contributed by atoms with Gasteiger partial charge in [0.25, 0.3) is 0 Å². The minimum Gasteiger partial charge on any atom is -0.457 e. The summed E-state index contributed by atoms with van der Waals surface area (Å²) in [6.45, 7) is 0. The van der Waals surface area contributed by atoms with Crippen molar-refractivity contribution in [2.75, 3.05) is 5.32 Å². The summed E-state index contributed by atoms with van der Waals surface area (Å²) < 4.78 is 5.75. The standard InChI is InChI=1S/C16H12N2O2/c17-10-11-1-4-13(5-2-11)20-14-6-7-15-12(9-14)3-8-16(19)18-15/h1-2,4-7,9H,3,8H2,(H,18,19). The molecule has 0 bridgehead atoms. The highest BCUT2D eigenvalue weighted by Gasteiger charge is 2.15. The van der Waals surface area contributed by atoms with E-state index < -0.39 is 0 Å². The molecule has 0 saturated carbocycles. The van der Waals surface area contributed by atoms with Crippen LogP contribution in [0.2, 0.25) is 0 Å². The fourth-order valence-electron chi connectivity index (χ4n) is 2.16. The van der Waals surface area contributed by atoms with Gasteiger partial charge in [0.15, 0.2) is 0 Å². The first-order valence-electron chi connectivity index (χ1n) is 6.35. The van der Waals surface area contributed by atoms with E-state index in [0.29, 0.717) is 17.7 Å². The number of anilines is 1. The fourth-order valence-corrected chi connectivity index (χ4v) is 2.16.